The second-order valence-electron chi connectivity index (χ2n) is 7.40. The maximum Gasteiger partial charge on any atom is 0.251 e. The molecule has 2 N–H and O–H groups in total. The minimum atomic E-state index is -0.378. The number of hydrogen-bond donors (Lipinski definition) is 1. The Balaban J connectivity index is 2.17. The van der Waals surface area contributed by atoms with Gasteiger partial charge in [0.05, 0.1) is 12.7 Å². The number of primary amides is 1. The van der Waals surface area contributed by atoms with Crippen molar-refractivity contribution in [2.24, 2.45) is 5.73 Å². The highest BCUT2D eigenvalue weighted by Crippen LogP contribution is 2.35. The maximum atomic E-state index is 12.5. The van der Waals surface area contributed by atoms with E-state index < -0.39 is 0 Å². The van der Waals surface area contributed by atoms with Gasteiger partial charge in [0.15, 0.2) is 0 Å². The zero-order valence-electron chi connectivity index (χ0n) is 17.6. The molecule has 4 heteroatoms. The zero-order chi connectivity index (χ0) is 20.8. The van der Waals surface area contributed by atoms with Crippen LogP contribution in [0.15, 0.2) is 54.6 Å². The summed E-state index contributed by atoms with van der Waals surface area (Å²) in [6.07, 6.45) is 4.30. The minimum absolute atomic E-state index is 0.378. The molecule has 0 aliphatic heterocycles. The number of nitrogens with two attached hydrogens (primary N) is 1. The molecule has 0 aliphatic carbocycles. The smallest absolute Gasteiger partial charge is 0.251 e. The van der Waals surface area contributed by atoms with Crippen LogP contribution in [-0.2, 0) is 13.0 Å². The number of ether oxygens (including phenoxy) is 1. The minimum Gasteiger partial charge on any atom is -0.497 e. The van der Waals surface area contributed by atoms with Gasteiger partial charge >= 0.3 is 0 Å². The normalized spacial score (nSPS) is 10.9. The summed E-state index contributed by atoms with van der Waals surface area (Å²) in [4.78, 5) is 12.5. The van der Waals surface area contributed by atoms with Gasteiger partial charge in [-0.3, -0.25) is 4.79 Å². The lowest BCUT2D eigenvalue weighted by Gasteiger charge is -2.14. The SMILES string of the molecule is CCCCCc1c(-c2ccc(OC)cc2)c(C(N)=O)c(C)n1Cc1ccccc1. The Labute approximate surface area is 173 Å². The Hall–Kier alpha value is -3.01. The standard InChI is InChI=1S/C25H30N2O2/c1-4-5-7-12-22-24(20-13-15-21(29-3)16-14-20)23(25(26)28)18(2)27(22)17-19-10-8-6-9-11-19/h6,8-11,13-16H,4-5,7,12,17H2,1-3H3,(H2,26,28). The highest BCUT2D eigenvalue weighted by Gasteiger charge is 2.24. The fraction of sp³-hybridized carbons (Fsp3) is 0.320. The predicted octanol–water partition coefficient (Wildman–Crippen LogP) is 5.35. The first-order chi connectivity index (χ1) is 14.1. The van der Waals surface area contributed by atoms with E-state index in [1.807, 2.05) is 49.4 Å². The van der Waals surface area contributed by atoms with Crippen molar-refractivity contribution in [3.05, 3.63) is 77.1 Å². The summed E-state index contributed by atoms with van der Waals surface area (Å²) >= 11 is 0. The van der Waals surface area contributed by atoms with E-state index in [1.54, 1.807) is 7.11 Å². The van der Waals surface area contributed by atoms with Crippen molar-refractivity contribution in [1.82, 2.24) is 4.57 Å². The van der Waals surface area contributed by atoms with Crippen molar-refractivity contribution >= 4 is 5.91 Å². The molecule has 1 amide bonds. The number of benzene rings is 2. The van der Waals surface area contributed by atoms with Crippen molar-refractivity contribution in [2.45, 2.75) is 46.1 Å². The third-order valence-corrected chi connectivity index (χ3v) is 5.46. The van der Waals surface area contributed by atoms with Crippen LogP contribution >= 0.6 is 0 Å². The molecule has 0 atom stereocenters. The lowest BCUT2D eigenvalue weighted by Crippen LogP contribution is -2.13. The highest BCUT2D eigenvalue weighted by atomic mass is 16.5. The molecule has 0 aliphatic rings. The molecule has 152 valence electrons. The van der Waals surface area contributed by atoms with Gasteiger partial charge in [-0.2, -0.15) is 0 Å². The number of aromatic nitrogens is 1. The number of nitrogens with zero attached hydrogens (tertiary/aromatic N) is 1. The summed E-state index contributed by atoms with van der Waals surface area (Å²) in [7, 11) is 1.65. The lowest BCUT2D eigenvalue weighted by atomic mass is 9.97. The topological polar surface area (TPSA) is 57.2 Å². The van der Waals surface area contributed by atoms with Gasteiger partial charge in [0, 0.05) is 23.5 Å². The zero-order valence-corrected chi connectivity index (χ0v) is 17.6. The molecule has 0 saturated heterocycles. The van der Waals surface area contributed by atoms with Crippen LogP contribution in [0.3, 0.4) is 0 Å². The second-order valence-corrected chi connectivity index (χ2v) is 7.40. The van der Waals surface area contributed by atoms with Crippen LogP contribution in [0, 0.1) is 6.92 Å². The van der Waals surface area contributed by atoms with Gasteiger partial charge < -0.3 is 15.0 Å². The van der Waals surface area contributed by atoms with E-state index in [1.165, 1.54) is 11.3 Å². The first kappa shape index (κ1) is 20.7. The molecule has 1 heterocycles. The van der Waals surface area contributed by atoms with Gasteiger partial charge in [-0.1, -0.05) is 62.2 Å². The fourth-order valence-corrected chi connectivity index (χ4v) is 3.95. The highest BCUT2D eigenvalue weighted by molar-refractivity contribution is 6.02. The van der Waals surface area contributed by atoms with E-state index in [-0.39, 0.29) is 5.91 Å². The van der Waals surface area contributed by atoms with Crippen LogP contribution < -0.4 is 10.5 Å². The van der Waals surface area contributed by atoms with E-state index in [4.69, 9.17) is 10.5 Å². The second kappa shape index (κ2) is 9.46. The third kappa shape index (κ3) is 4.53. The van der Waals surface area contributed by atoms with Gasteiger partial charge in [0.1, 0.15) is 5.75 Å². The number of carbonyl (C=O) groups excluding carboxylic acids is 1. The average Bonchev–Trinajstić information content (AvgIpc) is 3.01. The van der Waals surface area contributed by atoms with E-state index >= 15 is 0 Å². The predicted molar refractivity (Wildman–Crippen MR) is 118 cm³/mol. The molecule has 0 saturated carbocycles. The van der Waals surface area contributed by atoms with E-state index in [0.29, 0.717) is 5.56 Å². The van der Waals surface area contributed by atoms with Gasteiger partial charge in [0.25, 0.3) is 5.91 Å². The first-order valence-corrected chi connectivity index (χ1v) is 10.3. The molecule has 0 unspecified atom stereocenters. The number of amides is 1. The third-order valence-electron chi connectivity index (χ3n) is 5.46. The Bertz CT molecular complexity index is 957. The summed E-state index contributed by atoms with van der Waals surface area (Å²) < 4.78 is 7.57. The number of methoxy groups -OCH3 is 1. The molecule has 4 nitrogen and oxygen atoms in total. The Morgan fingerprint density at radius 1 is 1.03 bits per heavy atom. The van der Waals surface area contributed by atoms with Crippen molar-refractivity contribution in [2.75, 3.05) is 7.11 Å². The molecule has 0 fully saturated rings. The first-order valence-electron chi connectivity index (χ1n) is 10.3. The Kier molecular flexibility index (Phi) is 6.76. The number of hydrogen-bond acceptors (Lipinski definition) is 2. The summed E-state index contributed by atoms with van der Waals surface area (Å²) in [5.41, 5.74) is 11.8. The fourth-order valence-electron chi connectivity index (χ4n) is 3.95. The Morgan fingerprint density at radius 3 is 2.31 bits per heavy atom. The van der Waals surface area contributed by atoms with Crippen LogP contribution in [-0.4, -0.2) is 17.6 Å². The van der Waals surface area contributed by atoms with Crippen molar-refractivity contribution in [3.63, 3.8) is 0 Å². The van der Waals surface area contributed by atoms with Gasteiger partial charge in [-0.05, 0) is 43.0 Å². The quantitative estimate of drug-likeness (QED) is 0.501. The van der Waals surface area contributed by atoms with Crippen LogP contribution in [0.25, 0.3) is 11.1 Å². The average molecular weight is 391 g/mol. The van der Waals surface area contributed by atoms with Crippen LogP contribution in [0.2, 0.25) is 0 Å². The molecule has 3 aromatic rings. The van der Waals surface area contributed by atoms with Crippen molar-refractivity contribution in [3.8, 4) is 16.9 Å². The lowest BCUT2D eigenvalue weighted by molar-refractivity contribution is 0.1000. The van der Waals surface area contributed by atoms with Crippen molar-refractivity contribution < 1.29 is 9.53 Å². The van der Waals surface area contributed by atoms with Crippen LogP contribution in [0.4, 0.5) is 0 Å². The Morgan fingerprint density at radius 2 is 1.72 bits per heavy atom. The van der Waals surface area contributed by atoms with E-state index in [0.717, 1.165) is 54.8 Å². The number of unbranched alkanes of at least 4 members (excludes halogenated alkanes) is 2. The molecule has 29 heavy (non-hydrogen) atoms. The molecule has 3 rings (SSSR count). The van der Waals surface area contributed by atoms with Gasteiger partial charge in [0.2, 0.25) is 0 Å². The molecule has 1 aromatic heterocycles. The molecule has 0 radical (unpaired) electrons. The summed E-state index contributed by atoms with van der Waals surface area (Å²) in [5.74, 6) is 0.416. The van der Waals surface area contributed by atoms with Gasteiger partial charge in [-0.25, -0.2) is 0 Å². The molecule has 0 spiro atoms. The maximum absolute atomic E-state index is 12.5. The molecular formula is C25H30N2O2. The summed E-state index contributed by atoms with van der Waals surface area (Å²) in [6.45, 7) is 4.93. The van der Waals surface area contributed by atoms with Crippen LogP contribution in [0.1, 0.15) is 53.5 Å². The van der Waals surface area contributed by atoms with Crippen LogP contribution in [0.5, 0.6) is 5.75 Å². The molecule has 0 bridgehead atoms. The van der Waals surface area contributed by atoms with Gasteiger partial charge in [-0.15, -0.1) is 0 Å². The van der Waals surface area contributed by atoms with E-state index in [9.17, 15) is 4.79 Å². The summed E-state index contributed by atoms with van der Waals surface area (Å²) in [6, 6.07) is 18.2. The molecule has 2 aromatic carbocycles. The number of carbonyl (C=O) groups is 1. The molecular weight excluding hydrogens is 360 g/mol. The number of rotatable bonds is 9. The van der Waals surface area contributed by atoms with Crippen molar-refractivity contribution in [1.29, 1.82) is 0 Å². The summed E-state index contributed by atoms with van der Waals surface area (Å²) in [5, 5.41) is 0. The van der Waals surface area contributed by atoms with E-state index in [2.05, 4.69) is 23.6 Å². The monoisotopic (exact) mass is 390 g/mol. The largest absolute Gasteiger partial charge is 0.497 e.